The van der Waals surface area contributed by atoms with Crippen molar-refractivity contribution in [3.8, 4) is 0 Å². The Kier molecular flexibility index (Phi) is 3.81. The predicted octanol–water partition coefficient (Wildman–Crippen LogP) is 2.88. The number of hydrogen-bond acceptors (Lipinski definition) is 4. The summed E-state index contributed by atoms with van der Waals surface area (Å²) in [6.45, 7) is 4.39. The summed E-state index contributed by atoms with van der Waals surface area (Å²) in [5.41, 5.74) is 0.774. The Morgan fingerprint density at radius 3 is 2.83 bits per heavy atom. The minimum atomic E-state index is 0.0281. The minimum absolute atomic E-state index is 0.0281. The third kappa shape index (κ3) is 2.79. The van der Waals surface area contributed by atoms with Crippen molar-refractivity contribution in [3.63, 3.8) is 0 Å². The lowest BCUT2D eigenvalue weighted by atomic mass is 10.3. The lowest BCUT2D eigenvalue weighted by Gasteiger charge is -2.14. The number of hydrogen-bond donors (Lipinski definition) is 0. The van der Waals surface area contributed by atoms with E-state index in [4.69, 9.17) is 4.52 Å². The van der Waals surface area contributed by atoms with Gasteiger partial charge in [0.05, 0.1) is 11.4 Å². The first kappa shape index (κ1) is 12.8. The van der Waals surface area contributed by atoms with Crippen molar-refractivity contribution in [2.75, 3.05) is 7.05 Å². The van der Waals surface area contributed by atoms with Crippen LogP contribution >= 0.6 is 11.3 Å². The lowest BCUT2D eigenvalue weighted by Crippen LogP contribution is -2.25. The van der Waals surface area contributed by atoms with Crippen LogP contribution in [0.3, 0.4) is 0 Å². The zero-order valence-electron chi connectivity index (χ0n) is 10.8. The highest BCUT2D eigenvalue weighted by molar-refractivity contribution is 7.14. The summed E-state index contributed by atoms with van der Waals surface area (Å²) in [5.74, 6) is 0.788. The Labute approximate surface area is 110 Å². The molecule has 0 N–H and O–H groups in total. The quantitative estimate of drug-likeness (QED) is 0.853. The van der Waals surface area contributed by atoms with Crippen molar-refractivity contribution in [1.29, 1.82) is 0 Å². The molecule has 0 atom stereocenters. The second-order valence-electron chi connectivity index (χ2n) is 4.21. The van der Waals surface area contributed by atoms with Gasteiger partial charge in [0.2, 0.25) is 0 Å². The molecule has 96 valence electrons. The van der Waals surface area contributed by atoms with Gasteiger partial charge in [0.15, 0.2) is 0 Å². The van der Waals surface area contributed by atoms with Gasteiger partial charge in [-0.1, -0.05) is 12.1 Å². The molecule has 0 spiro atoms. The molecule has 0 aromatic carbocycles. The van der Waals surface area contributed by atoms with Gasteiger partial charge < -0.3 is 9.42 Å². The van der Waals surface area contributed by atoms with Crippen molar-refractivity contribution in [3.05, 3.63) is 39.4 Å². The second-order valence-corrected chi connectivity index (χ2v) is 5.38. The number of rotatable bonds is 4. The van der Waals surface area contributed by atoms with Crippen LogP contribution in [-0.4, -0.2) is 23.0 Å². The third-order valence-electron chi connectivity index (χ3n) is 2.64. The van der Waals surface area contributed by atoms with E-state index < -0.39 is 0 Å². The van der Waals surface area contributed by atoms with E-state index in [1.807, 2.05) is 25.1 Å². The maximum atomic E-state index is 12.2. The van der Waals surface area contributed by atoms with E-state index in [1.54, 1.807) is 23.3 Å². The topological polar surface area (TPSA) is 46.3 Å². The Morgan fingerprint density at radius 2 is 2.28 bits per heavy atom. The summed E-state index contributed by atoms with van der Waals surface area (Å²) in [6, 6.07) is 5.73. The molecule has 2 heterocycles. The summed E-state index contributed by atoms with van der Waals surface area (Å²) in [5, 5.41) is 3.89. The van der Waals surface area contributed by atoms with Crippen LogP contribution in [0.2, 0.25) is 0 Å². The second kappa shape index (κ2) is 5.35. The van der Waals surface area contributed by atoms with Gasteiger partial charge in [0, 0.05) is 18.0 Å². The van der Waals surface area contributed by atoms with E-state index in [2.05, 4.69) is 12.1 Å². The van der Waals surface area contributed by atoms with Crippen LogP contribution in [0.15, 0.2) is 22.7 Å². The summed E-state index contributed by atoms with van der Waals surface area (Å²) in [4.78, 5) is 15.8. The monoisotopic (exact) mass is 264 g/mol. The van der Waals surface area contributed by atoms with Crippen molar-refractivity contribution in [1.82, 2.24) is 10.1 Å². The van der Waals surface area contributed by atoms with Gasteiger partial charge in [-0.25, -0.2) is 0 Å². The molecule has 18 heavy (non-hydrogen) atoms. The molecule has 0 aliphatic rings. The van der Waals surface area contributed by atoms with Crippen molar-refractivity contribution >= 4 is 17.2 Å². The van der Waals surface area contributed by atoms with Crippen LogP contribution < -0.4 is 0 Å². The number of carbonyl (C=O) groups is 1. The normalized spacial score (nSPS) is 10.6. The molecule has 5 heteroatoms. The van der Waals surface area contributed by atoms with E-state index in [0.29, 0.717) is 6.54 Å². The number of nitrogens with zero attached hydrogens (tertiary/aromatic N) is 2. The van der Waals surface area contributed by atoms with Crippen LogP contribution in [0.1, 0.15) is 32.9 Å². The molecule has 0 radical (unpaired) electrons. The predicted molar refractivity (Wildman–Crippen MR) is 70.7 cm³/mol. The number of carbonyl (C=O) groups excluding carboxylic acids is 1. The first-order valence-corrected chi connectivity index (χ1v) is 6.68. The standard InChI is InChI=1S/C13H16N2O2S/c1-4-11-5-6-12(18-11)13(16)15(3)8-10-7-9(2)17-14-10/h5-7H,4,8H2,1-3H3. The van der Waals surface area contributed by atoms with Crippen molar-refractivity contribution < 1.29 is 9.32 Å². The number of aryl methyl sites for hydroxylation is 2. The van der Waals surface area contributed by atoms with Crippen LogP contribution in [0.25, 0.3) is 0 Å². The fourth-order valence-corrected chi connectivity index (χ4v) is 2.62. The summed E-state index contributed by atoms with van der Waals surface area (Å²) >= 11 is 1.55. The highest BCUT2D eigenvalue weighted by Gasteiger charge is 2.15. The third-order valence-corrected chi connectivity index (χ3v) is 3.86. The molecule has 0 aliphatic carbocycles. The van der Waals surface area contributed by atoms with E-state index >= 15 is 0 Å². The molecular formula is C13H16N2O2S. The molecule has 0 fully saturated rings. The first-order valence-electron chi connectivity index (χ1n) is 5.86. The maximum Gasteiger partial charge on any atom is 0.264 e. The van der Waals surface area contributed by atoms with E-state index in [0.717, 1.165) is 22.8 Å². The van der Waals surface area contributed by atoms with Crippen LogP contribution in [0.5, 0.6) is 0 Å². The first-order chi connectivity index (χ1) is 8.60. The van der Waals surface area contributed by atoms with Gasteiger partial charge in [-0.15, -0.1) is 11.3 Å². The summed E-state index contributed by atoms with van der Waals surface area (Å²) in [6.07, 6.45) is 0.962. The van der Waals surface area contributed by atoms with Crippen LogP contribution in [-0.2, 0) is 13.0 Å². The van der Waals surface area contributed by atoms with Gasteiger partial charge in [-0.2, -0.15) is 0 Å². The molecule has 2 rings (SSSR count). The molecular weight excluding hydrogens is 248 g/mol. The van der Waals surface area contributed by atoms with Crippen molar-refractivity contribution in [2.24, 2.45) is 0 Å². The average Bonchev–Trinajstić information content (AvgIpc) is 2.97. The lowest BCUT2D eigenvalue weighted by molar-refractivity contribution is 0.0787. The number of thiophene rings is 1. The Bertz CT molecular complexity index is 545. The molecule has 1 amide bonds. The minimum Gasteiger partial charge on any atom is -0.361 e. The van der Waals surface area contributed by atoms with E-state index in [-0.39, 0.29) is 5.91 Å². The Morgan fingerprint density at radius 1 is 1.50 bits per heavy atom. The zero-order valence-corrected chi connectivity index (χ0v) is 11.6. The Hall–Kier alpha value is -1.62. The van der Waals surface area contributed by atoms with Gasteiger partial charge in [-0.3, -0.25) is 4.79 Å². The SMILES string of the molecule is CCc1ccc(C(=O)N(C)Cc2cc(C)on2)s1. The van der Waals surface area contributed by atoms with Crippen LogP contribution in [0.4, 0.5) is 0 Å². The molecule has 0 unspecified atom stereocenters. The maximum absolute atomic E-state index is 12.2. The van der Waals surface area contributed by atoms with Crippen LogP contribution in [0, 0.1) is 6.92 Å². The zero-order chi connectivity index (χ0) is 13.1. The molecule has 4 nitrogen and oxygen atoms in total. The average molecular weight is 264 g/mol. The Balaban J connectivity index is 2.04. The number of aromatic nitrogens is 1. The van der Waals surface area contributed by atoms with Gasteiger partial charge in [0.25, 0.3) is 5.91 Å². The molecule has 0 saturated heterocycles. The molecule has 0 bridgehead atoms. The summed E-state index contributed by atoms with van der Waals surface area (Å²) < 4.78 is 4.99. The molecule has 0 aliphatic heterocycles. The number of amides is 1. The molecule has 0 saturated carbocycles. The molecule has 2 aromatic heterocycles. The smallest absolute Gasteiger partial charge is 0.264 e. The van der Waals surface area contributed by atoms with Gasteiger partial charge in [-0.05, 0) is 25.5 Å². The fourth-order valence-electron chi connectivity index (χ4n) is 1.68. The highest BCUT2D eigenvalue weighted by atomic mass is 32.1. The van der Waals surface area contributed by atoms with Crippen molar-refractivity contribution in [2.45, 2.75) is 26.8 Å². The fraction of sp³-hybridized carbons (Fsp3) is 0.385. The van der Waals surface area contributed by atoms with Gasteiger partial charge in [0.1, 0.15) is 11.5 Å². The highest BCUT2D eigenvalue weighted by Crippen LogP contribution is 2.19. The molecule has 2 aromatic rings. The largest absolute Gasteiger partial charge is 0.361 e. The van der Waals surface area contributed by atoms with E-state index in [1.165, 1.54) is 4.88 Å². The van der Waals surface area contributed by atoms with E-state index in [9.17, 15) is 4.79 Å². The van der Waals surface area contributed by atoms with Gasteiger partial charge >= 0.3 is 0 Å². The summed E-state index contributed by atoms with van der Waals surface area (Å²) in [7, 11) is 1.78.